The highest BCUT2D eigenvalue weighted by Crippen LogP contribution is 2.23. The monoisotopic (exact) mass is 320 g/mol. The van der Waals surface area contributed by atoms with Crippen molar-refractivity contribution in [1.29, 1.82) is 0 Å². The van der Waals surface area contributed by atoms with E-state index in [2.05, 4.69) is 24.5 Å². The topological polar surface area (TPSA) is 24.1 Å². The molecule has 0 aliphatic heterocycles. The van der Waals surface area contributed by atoms with Crippen molar-refractivity contribution < 1.29 is 8.78 Å². The predicted molar refractivity (Wildman–Crippen MR) is 91.4 cm³/mol. The molecule has 2 aromatic rings. The van der Waals surface area contributed by atoms with Gasteiger partial charge in [0.25, 0.3) is 0 Å². The Balaban J connectivity index is 2.20. The largest absolute Gasteiger partial charge is 0.332 e. The summed E-state index contributed by atoms with van der Waals surface area (Å²) in [6.45, 7) is 4.12. The van der Waals surface area contributed by atoms with E-state index in [0.717, 1.165) is 47.9 Å². The van der Waals surface area contributed by atoms with E-state index < -0.39 is 11.6 Å². The van der Waals surface area contributed by atoms with Gasteiger partial charge in [0.05, 0.1) is 5.69 Å². The molecule has 0 aromatic heterocycles. The maximum absolute atomic E-state index is 13.6. The molecule has 2 aromatic carbocycles. The smallest absolute Gasteiger partial charge is 0.175 e. The highest BCUT2D eigenvalue weighted by Gasteiger charge is 2.10. The Morgan fingerprint density at radius 1 is 1.00 bits per heavy atom. The Hall–Kier alpha value is -2.01. The molecule has 0 radical (unpaired) electrons. The summed E-state index contributed by atoms with van der Waals surface area (Å²) >= 11 is 5.22. The molecule has 0 amide bonds. The molecule has 0 spiro atoms. The van der Waals surface area contributed by atoms with E-state index >= 15 is 0 Å². The maximum atomic E-state index is 13.6. The molecule has 0 saturated carbocycles. The maximum Gasteiger partial charge on any atom is 0.175 e. The fourth-order valence-electron chi connectivity index (χ4n) is 2.26. The summed E-state index contributed by atoms with van der Waals surface area (Å²) in [7, 11) is 0. The van der Waals surface area contributed by atoms with Gasteiger partial charge in [-0.25, -0.2) is 8.78 Å². The number of halogens is 2. The number of aryl methyl sites for hydroxylation is 2. The zero-order chi connectivity index (χ0) is 16.1. The van der Waals surface area contributed by atoms with Crippen LogP contribution in [-0.4, -0.2) is 5.11 Å². The molecule has 0 atom stereocenters. The van der Waals surface area contributed by atoms with Gasteiger partial charge in [-0.15, -0.1) is 0 Å². The molecule has 0 aliphatic carbocycles. The quantitative estimate of drug-likeness (QED) is 0.784. The van der Waals surface area contributed by atoms with Crippen LogP contribution in [0, 0.1) is 11.6 Å². The van der Waals surface area contributed by atoms with Crippen LogP contribution in [-0.2, 0) is 12.8 Å². The Morgan fingerprint density at radius 3 is 2.23 bits per heavy atom. The number of rotatable bonds is 4. The van der Waals surface area contributed by atoms with E-state index in [1.165, 1.54) is 0 Å². The molecular formula is C17H18F2N2S. The van der Waals surface area contributed by atoms with Gasteiger partial charge < -0.3 is 10.6 Å². The van der Waals surface area contributed by atoms with Crippen LogP contribution in [0.4, 0.5) is 20.2 Å². The Morgan fingerprint density at radius 2 is 1.64 bits per heavy atom. The number of benzene rings is 2. The third kappa shape index (κ3) is 3.80. The minimum Gasteiger partial charge on any atom is -0.332 e. The number of hydrogen-bond donors (Lipinski definition) is 2. The molecular weight excluding hydrogens is 302 g/mol. The van der Waals surface area contributed by atoms with Gasteiger partial charge in [0, 0.05) is 11.8 Å². The zero-order valence-electron chi connectivity index (χ0n) is 12.5. The third-order valence-corrected chi connectivity index (χ3v) is 3.62. The minimum atomic E-state index is -0.551. The fourth-order valence-corrected chi connectivity index (χ4v) is 2.48. The average Bonchev–Trinajstić information content (AvgIpc) is 2.51. The average molecular weight is 320 g/mol. The first-order valence-electron chi connectivity index (χ1n) is 7.19. The lowest BCUT2D eigenvalue weighted by Gasteiger charge is -2.17. The SMILES string of the molecule is CCc1cccc(CC)c1NC(=S)Nc1cc(F)ccc1F. The highest BCUT2D eigenvalue weighted by atomic mass is 32.1. The van der Waals surface area contributed by atoms with Crippen LogP contribution in [0.1, 0.15) is 25.0 Å². The van der Waals surface area contributed by atoms with Gasteiger partial charge in [0.1, 0.15) is 11.6 Å². The lowest BCUT2D eigenvalue weighted by molar-refractivity contribution is 0.604. The molecule has 5 heteroatoms. The number of thiocarbonyl (C=S) groups is 1. The van der Waals surface area contributed by atoms with Crippen LogP contribution < -0.4 is 10.6 Å². The molecule has 0 bridgehead atoms. The summed E-state index contributed by atoms with van der Waals surface area (Å²) in [5.74, 6) is -1.07. The summed E-state index contributed by atoms with van der Waals surface area (Å²) in [4.78, 5) is 0. The van der Waals surface area contributed by atoms with Gasteiger partial charge in [-0.1, -0.05) is 32.0 Å². The molecule has 2 nitrogen and oxygen atoms in total. The third-order valence-electron chi connectivity index (χ3n) is 3.41. The van der Waals surface area contributed by atoms with Gasteiger partial charge in [0.15, 0.2) is 5.11 Å². The predicted octanol–water partition coefficient (Wildman–Crippen LogP) is 4.90. The molecule has 0 unspecified atom stereocenters. The Labute approximate surface area is 134 Å². The van der Waals surface area contributed by atoms with Crippen LogP contribution in [0.15, 0.2) is 36.4 Å². The van der Waals surface area contributed by atoms with E-state index in [0.29, 0.717) is 0 Å². The molecule has 0 aliphatic rings. The molecule has 0 heterocycles. The van der Waals surface area contributed by atoms with E-state index in [1.54, 1.807) is 0 Å². The van der Waals surface area contributed by atoms with Crippen LogP contribution >= 0.6 is 12.2 Å². The number of anilines is 2. The van der Waals surface area contributed by atoms with Gasteiger partial charge >= 0.3 is 0 Å². The summed E-state index contributed by atoms with van der Waals surface area (Å²) < 4.78 is 26.8. The second-order valence-electron chi connectivity index (χ2n) is 4.86. The first kappa shape index (κ1) is 16.4. The van der Waals surface area contributed by atoms with Gasteiger partial charge in [0.2, 0.25) is 0 Å². The van der Waals surface area contributed by atoms with E-state index in [9.17, 15) is 8.78 Å². The van der Waals surface area contributed by atoms with Crippen molar-refractivity contribution in [2.75, 3.05) is 10.6 Å². The molecule has 2 rings (SSSR count). The summed E-state index contributed by atoms with van der Waals surface area (Å²) in [5, 5.41) is 6.05. The molecule has 116 valence electrons. The number of hydrogen-bond acceptors (Lipinski definition) is 1. The lowest BCUT2D eigenvalue weighted by atomic mass is 10.0. The van der Waals surface area contributed by atoms with Crippen LogP contribution in [0.2, 0.25) is 0 Å². The first-order chi connectivity index (χ1) is 10.5. The van der Waals surface area contributed by atoms with Gasteiger partial charge in [-0.05, 0) is 48.3 Å². The molecule has 0 fully saturated rings. The Bertz CT molecular complexity index is 664. The van der Waals surface area contributed by atoms with Crippen LogP contribution in [0.3, 0.4) is 0 Å². The number of para-hydroxylation sites is 1. The fraction of sp³-hybridized carbons (Fsp3) is 0.235. The van der Waals surface area contributed by atoms with Crippen molar-refractivity contribution in [1.82, 2.24) is 0 Å². The summed E-state index contributed by atoms with van der Waals surface area (Å²) in [6, 6.07) is 9.26. The van der Waals surface area contributed by atoms with Gasteiger partial charge in [-0.3, -0.25) is 0 Å². The number of nitrogens with one attached hydrogen (secondary N) is 2. The van der Waals surface area contributed by atoms with Crippen molar-refractivity contribution in [2.45, 2.75) is 26.7 Å². The van der Waals surface area contributed by atoms with E-state index in [-0.39, 0.29) is 10.8 Å². The lowest BCUT2D eigenvalue weighted by Crippen LogP contribution is -2.21. The highest BCUT2D eigenvalue weighted by molar-refractivity contribution is 7.80. The van der Waals surface area contributed by atoms with Crippen molar-refractivity contribution in [3.8, 4) is 0 Å². The van der Waals surface area contributed by atoms with Crippen molar-refractivity contribution >= 4 is 28.7 Å². The zero-order valence-corrected chi connectivity index (χ0v) is 13.4. The Kier molecular flexibility index (Phi) is 5.44. The second kappa shape index (κ2) is 7.31. The second-order valence-corrected chi connectivity index (χ2v) is 5.27. The summed E-state index contributed by atoms with van der Waals surface area (Å²) in [6.07, 6.45) is 1.71. The van der Waals surface area contributed by atoms with Crippen LogP contribution in [0.25, 0.3) is 0 Å². The van der Waals surface area contributed by atoms with E-state index in [1.807, 2.05) is 18.2 Å². The molecule has 0 saturated heterocycles. The minimum absolute atomic E-state index is 0.0181. The first-order valence-corrected chi connectivity index (χ1v) is 7.59. The molecule has 2 N–H and O–H groups in total. The van der Waals surface area contributed by atoms with Crippen LogP contribution in [0.5, 0.6) is 0 Å². The van der Waals surface area contributed by atoms with Crippen molar-refractivity contribution in [3.05, 3.63) is 59.2 Å². The van der Waals surface area contributed by atoms with Gasteiger partial charge in [-0.2, -0.15) is 0 Å². The molecule has 22 heavy (non-hydrogen) atoms. The van der Waals surface area contributed by atoms with E-state index in [4.69, 9.17) is 12.2 Å². The summed E-state index contributed by atoms with van der Waals surface area (Å²) in [5.41, 5.74) is 3.21. The standard InChI is InChI=1S/C17H18F2N2S/c1-3-11-6-5-7-12(4-2)16(11)21-17(22)20-15-10-13(18)8-9-14(15)19/h5-10H,3-4H2,1-2H3,(H2,20,21,22). The van der Waals surface area contributed by atoms with Crippen molar-refractivity contribution in [2.24, 2.45) is 0 Å². The van der Waals surface area contributed by atoms with Crippen molar-refractivity contribution in [3.63, 3.8) is 0 Å². The normalized spacial score (nSPS) is 10.4.